The third kappa shape index (κ3) is 2.36. The number of nitrogens with zero attached hydrogens (tertiary/aromatic N) is 3. The predicted molar refractivity (Wildman–Crippen MR) is 65.5 cm³/mol. The average molecular weight is 242 g/mol. The van der Waals surface area contributed by atoms with Crippen molar-refractivity contribution in [3.63, 3.8) is 0 Å². The third-order valence-corrected chi connectivity index (χ3v) is 2.85. The molecule has 0 aromatic carbocycles. The number of rotatable bonds is 5. The molecule has 1 aromatic rings. The van der Waals surface area contributed by atoms with Crippen LogP contribution in [-0.2, 0) is 0 Å². The van der Waals surface area contributed by atoms with E-state index >= 15 is 0 Å². The van der Waals surface area contributed by atoms with E-state index in [0.717, 1.165) is 18.8 Å². The zero-order valence-electron chi connectivity index (χ0n) is 9.28. The van der Waals surface area contributed by atoms with Gasteiger partial charge >= 0.3 is 0 Å². The van der Waals surface area contributed by atoms with E-state index in [0.29, 0.717) is 17.0 Å². The number of hydrazine groups is 1. The maximum Gasteiger partial charge on any atom is 0.239 e. The molecule has 0 saturated heterocycles. The first-order valence-corrected chi connectivity index (χ1v) is 5.89. The Bertz CT molecular complexity index is 366. The Morgan fingerprint density at radius 3 is 2.94 bits per heavy atom. The molecule has 0 atom stereocenters. The maximum absolute atomic E-state index is 6.12. The van der Waals surface area contributed by atoms with Crippen LogP contribution in [0.1, 0.15) is 26.2 Å². The van der Waals surface area contributed by atoms with Gasteiger partial charge in [-0.1, -0.05) is 18.5 Å². The number of nitrogen functional groups attached to an aromatic ring is 1. The summed E-state index contributed by atoms with van der Waals surface area (Å²) in [7, 11) is 0. The Kier molecular flexibility index (Phi) is 3.46. The van der Waals surface area contributed by atoms with Gasteiger partial charge < -0.3 is 4.90 Å². The Morgan fingerprint density at radius 2 is 2.38 bits per heavy atom. The lowest BCUT2D eigenvalue weighted by molar-refractivity contribution is 0.749. The molecular weight excluding hydrogens is 226 g/mol. The van der Waals surface area contributed by atoms with Crippen molar-refractivity contribution in [2.24, 2.45) is 5.84 Å². The van der Waals surface area contributed by atoms with Gasteiger partial charge in [0, 0.05) is 12.6 Å². The van der Waals surface area contributed by atoms with Crippen molar-refractivity contribution in [2.45, 2.75) is 32.2 Å². The van der Waals surface area contributed by atoms with E-state index in [1.165, 1.54) is 12.8 Å². The number of halogens is 1. The van der Waals surface area contributed by atoms with Gasteiger partial charge in [-0.15, -0.1) is 0 Å². The summed E-state index contributed by atoms with van der Waals surface area (Å²) in [5.74, 6) is 6.49. The molecule has 0 aliphatic heterocycles. The van der Waals surface area contributed by atoms with Crippen LogP contribution in [0.25, 0.3) is 0 Å². The van der Waals surface area contributed by atoms with Crippen LogP contribution in [0, 0.1) is 0 Å². The summed E-state index contributed by atoms with van der Waals surface area (Å²) in [6.07, 6.45) is 5.09. The van der Waals surface area contributed by atoms with E-state index in [1.54, 1.807) is 6.20 Å². The first-order chi connectivity index (χ1) is 7.76. The number of nitrogens with one attached hydrogen (secondary N) is 1. The summed E-state index contributed by atoms with van der Waals surface area (Å²) >= 11 is 6.12. The quantitative estimate of drug-likeness (QED) is 0.608. The molecule has 3 N–H and O–H groups in total. The molecule has 1 aromatic heterocycles. The van der Waals surface area contributed by atoms with Crippen LogP contribution in [0.4, 0.5) is 11.8 Å². The monoisotopic (exact) mass is 241 g/mol. The Labute approximate surface area is 100.0 Å². The lowest BCUT2D eigenvalue weighted by Crippen LogP contribution is -2.28. The number of anilines is 2. The van der Waals surface area contributed by atoms with E-state index in [1.807, 2.05) is 0 Å². The second kappa shape index (κ2) is 4.84. The molecule has 5 nitrogen and oxygen atoms in total. The Morgan fingerprint density at radius 1 is 1.62 bits per heavy atom. The van der Waals surface area contributed by atoms with Gasteiger partial charge in [-0.25, -0.2) is 10.8 Å². The van der Waals surface area contributed by atoms with Crippen LogP contribution in [0.2, 0.25) is 5.02 Å². The molecule has 1 aliphatic carbocycles. The largest absolute Gasteiger partial charge is 0.352 e. The molecule has 0 bridgehead atoms. The van der Waals surface area contributed by atoms with E-state index in [2.05, 4.69) is 27.2 Å². The Hall–Kier alpha value is -1.07. The minimum atomic E-state index is 0.404. The molecule has 2 rings (SSSR count). The van der Waals surface area contributed by atoms with E-state index in [9.17, 15) is 0 Å². The molecule has 1 fully saturated rings. The van der Waals surface area contributed by atoms with Crippen LogP contribution in [0.15, 0.2) is 6.20 Å². The van der Waals surface area contributed by atoms with Gasteiger partial charge in [0.2, 0.25) is 5.95 Å². The van der Waals surface area contributed by atoms with Gasteiger partial charge in [-0.3, -0.25) is 5.43 Å². The average Bonchev–Trinajstić information content (AvgIpc) is 3.11. The van der Waals surface area contributed by atoms with E-state index < -0.39 is 0 Å². The lowest BCUT2D eigenvalue weighted by Gasteiger charge is -2.23. The minimum Gasteiger partial charge on any atom is -0.352 e. The summed E-state index contributed by atoms with van der Waals surface area (Å²) in [6, 6.07) is 0.581. The molecule has 0 unspecified atom stereocenters. The second-order valence-electron chi connectivity index (χ2n) is 3.93. The molecule has 0 spiro atoms. The van der Waals surface area contributed by atoms with E-state index in [4.69, 9.17) is 17.4 Å². The minimum absolute atomic E-state index is 0.404. The van der Waals surface area contributed by atoms with Crippen LogP contribution in [0.5, 0.6) is 0 Å². The van der Waals surface area contributed by atoms with Gasteiger partial charge in [-0.2, -0.15) is 4.98 Å². The standard InChI is InChI=1S/C10H16ClN5/c1-2-5-16(7-3-4-7)9-8(11)6-13-10(14-9)15-12/h6-7H,2-5,12H2,1H3,(H,13,14,15). The second-order valence-corrected chi connectivity index (χ2v) is 4.34. The molecule has 1 saturated carbocycles. The van der Waals surface area contributed by atoms with Crippen molar-refractivity contribution in [3.8, 4) is 0 Å². The number of nitrogens with two attached hydrogens (primary N) is 1. The topological polar surface area (TPSA) is 67.1 Å². The number of aromatic nitrogens is 2. The zero-order chi connectivity index (χ0) is 11.5. The molecule has 0 amide bonds. The first kappa shape index (κ1) is 11.4. The highest BCUT2D eigenvalue weighted by Crippen LogP contribution is 2.34. The first-order valence-electron chi connectivity index (χ1n) is 5.52. The molecule has 0 radical (unpaired) electrons. The van der Waals surface area contributed by atoms with E-state index in [-0.39, 0.29) is 0 Å². The highest BCUT2D eigenvalue weighted by Gasteiger charge is 2.30. The highest BCUT2D eigenvalue weighted by molar-refractivity contribution is 6.32. The predicted octanol–water partition coefficient (Wildman–Crippen LogP) is 1.79. The number of hydrogen-bond donors (Lipinski definition) is 2. The number of hydrogen-bond acceptors (Lipinski definition) is 5. The van der Waals surface area contributed by atoms with Crippen molar-refractivity contribution in [1.82, 2.24) is 9.97 Å². The maximum atomic E-state index is 6.12. The van der Waals surface area contributed by atoms with Crippen LogP contribution >= 0.6 is 11.6 Å². The smallest absolute Gasteiger partial charge is 0.239 e. The highest BCUT2D eigenvalue weighted by atomic mass is 35.5. The molecule has 88 valence electrons. The molecular formula is C10H16ClN5. The van der Waals surface area contributed by atoms with Gasteiger partial charge in [0.25, 0.3) is 0 Å². The van der Waals surface area contributed by atoms with Crippen LogP contribution < -0.4 is 16.2 Å². The van der Waals surface area contributed by atoms with Gasteiger partial charge in [0.1, 0.15) is 5.02 Å². The molecule has 1 heterocycles. The Balaban J connectivity index is 2.27. The van der Waals surface area contributed by atoms with Crippen LogP contribution in [0.3, 0.4) is 0 Å². The molecule has 1 aliphatic rings. The van der Waals surface area contributed by atoms with Gasteiger partial charge in [0.05, 0.1) is 6.20 Å². The van der Waals surface area contributed by atoms with Crippen LogP contribution in [-0.4, -0.2) is 22.6 Å². The molecule has 16 heavy (non-hydrogen) atoms. The van der Waals surface area contributed by atoms with Crippen molar-refractivity contribution in [2.75, 3.05) is 16.9 Å². The lowest BCUT2D eigenvalue weighted by atomic mass is 10.3. The van der Waals surface area contributed by atoms with Crippen molar-refractivity contribution < 1.29 is 0 Å². The van der Waals surface area contributed by atoms with Crippen molar-refractivity contribution in [3.05, 3.63) is 11.2 Å². The fourth-order valence-electron chi connectivity index (χ4n) is 1.72. The van der Waals surface area contributed by atoms with Gasteiger partial charge in [-0.05, 0) is 19.3 Å². The fourth-order valence-corrected chi connectivity index (χ4v) is 1.92. The summed E-state index contributed by atoms with van der Waals surface area (Å²) in [5, 5.41) is 0.583. The normalized spacial score (nSPS) is 14.9. The molecule has 6 heteroatoms. The third-order valence-electron chi connectivity index (χ3n) is 2.58. The SMILES string of the molecule is CCCN(c1nc(NN)ncc1Cl)C1CC1. The fraction of sp³-hybridized carbons (Fsp3) is 0.600. The van der Waals surface area contributed by atoms with Crippen molar-refractivity contribution >= 4 is 23.4 Å². The van der Waals surface area contributed by atoms with Gasteiger partial charge in [0.15, 0.2) is 5.82 Å². The summed E-state index contributed by atoms with van der Waals surface area (Å²) < 4.78 is 0. The zero-order valence-corrected chi connectivity index (χ0v) is 10.0. The summed E-state index contributed by atoms with van der Waals surface area (Å²) in [5.41, 5.74) is 2.44. The summed E-state index contributed by atoms with van der Waals surface area (Å²) in [4.78, 5) is 10.5. The summed E-state index contributed by atoms with van der Waals surface area (Å²) in [6.45, 7) is 3.11. The van der Waals surface area contributed by atoms with Crippen molar-refractivity contribution in [1.29, 1.82) is 0 Å².